The minimum atomic E-state index is -0.241. The number of likely N-dealkylation sites (tertiary alicyclic amines) is 1. The first-order valence-electron chi connectivity index (χ1n) is 8.64. The quantitative estimate of drug-likeness (QED) is 0.925. The Morgan fingerprint density at radius 3 is 2.62 bits per heavy atom. The van der Waals surface area contributed by atoms with Gasteiger partial charge in [0, 0.05) is 24.2 Å². The van der Waals surface area contributed by atoms with Crippen molar-refractivity contribution in [1.82, 2.24) is 15.1 Å². The zero-order valence-electron chi connectivity index (χ0n) is 14.6. The van der Waals surface area contributed by atoms with E-state index in [2.05, 4.69) is 34.3 Å². The number of nitrogens with zero attached hydrogens (tertiary/aromatic N) is 3. The normalized spacial score (nSPS) is 18.8. The van der Waals surface area contributed by atoms with Gasteiger partial charge in [-0.15, -0.1) is 10.2 Å². The molecule has 1 N–H and O–H groups in total. The number of hydrogen-bond donors (Lipinski definition) is 1. The summed E-state index contributed by atoms with van der Waals surface area (Å²) in [6, 6.07) is 9.38. The van der Waals surface area contributed by atoms with E-state index < -0.39 is 0 Å². The molecule has 0 radical (unpaired) electrons. The van der Waals surface area contributed by atoms with Crippen molar-refractivity contribution >= 4 is 5.82 Å². The molecule has 0 spiro atoms. The fourth-order valence-corrected chi connectivity index (χ4v) is 3.25. The number of rotatable bonds is 4. The van der Waals surface area contributed by atoms with Gasteiger partial charge in [0.05, 0.1) is 5.69 Å². The molecule has 2 heterocycles. The van der Waals surface area contributed by atoms with Gasteiger partial charge in [0.25, 0.3) is 0 Å². The van der Waals surface area contributed by atoms with Crippen LogP contribution in [0.25, 0.3) is 11.3 Å². The molecule has 0 amide bonds. The minimum Gasteiger partial charge on any atom is -0.365 e. The molecule has 2 aromatic rings. The first kappa shape index (κ1) is 16.8. The fourth-order valence-electron chi connectivity index (χ4n) is 3.25. The maximum Gasteiger partial charge on any atom is 0.149 e. The van der Waals surface area contributed by atoms with Crippen LogP contribution in [0.2, 0.25) is 0 Å². The molecule has 0 saturated carbocycles. The van der Waals surface area contributed by atoms with Crippen molar-refractivity contribution in [2.75, 3.05) is 18.4 Å². The average molecular weight is 328 g/mol. The molecule has 0 aliphatic carbocycles. The Balaban J connectivity index is 1.71. The number of aryl methyl sites for hydroxylation is 1. The summed E-state index contributed by atoms with van der Waals surface area (Å²) >= 11 is 0. The molecule has 1 aromatic heterocycles. The predicted octanol–water partition coefficient (Wildman–Crippen LogP) is 3.88. The monoisotopic (exact) mass is 328 g/mol. The van der Waals surface area contributed by atoms with Crippen LogP contribution in [0.5, 0.6) is 0 Å². The number of aromatic nitrogens is 2. The van der Waals surface area contributed by atoms with Crippen LogP contribution in [0.3, 0.4) is 0 Å². The summed E-state index contributed by atoms with van der Waals surface area (Å²) < 4.78 is 13.1. The molecule has 1 fully saturated rings. The second-order valence-corrected chi connectivity index (χ2v) is 6.84. The molecule has 1 aliphatic heterocycles. The topological polar surface area (TPSA) is 41.0 Å². The largest absolute Gasteiger partial charge is 0.365 e. The Morgan fingerprint density at radius 2 is 1.96 bits per heavy atom. The van der Waals surface area contributed by atoms with Crippen molar-refractivity contribution in [3.05, 3.63) is 41.7 Å². The number of hydrogen-bond acceptors (Lipinski definition) is 4. The van der Waals surface area contributed by atoms with Crippen LogP contribution in [-0.4, -0.2) is 40.3 Å². The number of piperidine rings is 1. The number of anilines is 1. The third-order valence-corrected chi connectivity index (χ3v) is 4.64. The second kappa shape index (κ2) is 7.26. The highest BCUT2D eigenvalue weighted by molar-refractivity contribution is 5.63. The van der Waals surface area contributed by atoms with Crippen LogP contribution in [0.4, 0.5) is 10.2 Å². The van der Waals surface area contributed by atoms with Gasteiger partial charge >= 0.3 is 0 Å². The Hall–Kier alpha value is -2.01. The Bertz CT molecular complexity index is 684. The van der Waals surface area contributed by atoms with Crippen molar-refractivity contribution in [3.63, 3.8) is 0 Å². The van der Waals surface area contributed by atoms with Crippen LogP contribution in [-0.2, 0) is 0 Å². The summed E-state index contributed by atoms with van der Waals surface area (Å²) in [5, 5.41) is 12.2. The smallest absolute Gasteiger partial charge is 0.149 e. The van der Waals surface area contributed by atoms with Crippen molar-refractivity contribution in [2.45, 2.75) is 45.7 Å². The number of nitrogens with one attached hydrogen (secondary N) is 1. The molecular weight excluding hydrogens is 303 g/mol. The SMILES string of the molecule is Cc1cc(N[C@@H]2CCCN(C(C)C)C2)nnc1-c1ccc(F)cc1. The van der Waals surface area contributed by atoms with Gasteiger partial charge in [0.1, 0.15) is 11.6 Å². The highest BCUT2D eigenvalue weighted by Crippen LogP contribution is 2.23. The van der Waals surface area contributed by atoms with Crippen molar-refractivity contribution in [1.29, 1.82) is 0 Å². The molecule has 1 atom stereocenters. The lowest BCUT2D eigenvalue weighted by atomic mass is 10.0. The van der Waals surface area contributed by atoms with E-state index in [1.807, 2.05) is 13.0 Å². The first-order chi connectivity index (χ1) is 11.5. The standard InChI is InChI=1S/C19H25FN4/c1-13(2)24-10-4-5-17(12-24)21-18-11-14(3)19(23-22-18)15-6-8-16(20)9-7-15/h6-9,11,13,17H,4-5,10,12H2,1-3H3,(H,21,22)/t17-/m1/s1. The predicted molar refractivity (Wildman–Crippen MR) is 95.5 cm³/mol. The third-order valence-electron chi connectivity index (χ3n) is 4.64. The van der Waals surface area contributed by atoms with Gasteiger partial charge in [-0.25, -0.2) is 4.39 Å². The van der Waals surface area contributed by atoms with Crippen molar-refractivity contribution < 1.29 is 4.39 Å². The molecule has 1 saturated heterocycles. The van der Waals surface area contributed by atoms with Crippen LogP contribution in [0, 0.1) is 12.7 Å². The Morgan fingerprint density at radius 1 is 1.21 bits per heavy atom. The summed E-state index contributed by atoms with van der Waals surface area (Å²) in [7, 11) is 0. The molecule has 24 heavy (non-hydrogen) atoms. The molecule has 4 nitrogen and oxygen atoms in total. The molecule has 1 aliphatic rings. The zero-order chi connectivity index (χ0) is 17.1. The van der Waals surface area contributed by atoms with Gasteiger partial charge in [-0.05, 0) is 76.1 Å². The summed E-state index contributed by atoms with van der Waals surface area (Å²) in [6.45, 7) is 8.70. The molecule has 0 unspecified atom stereocenters. The van der Waals surface area contributed by atoms with Crippen LogP contribution in [0.15, 0.2) is 30.3 Å². The van der Waals surface area contributed by atoms with Gasteiger partial charge in [0.2, 0.25) is 0 Å². The Labute approximate surface area is 143 Å². The lowest BCUT2D eigenvalue weighted by Crippen LogP contribution is -2.45. The van der Waals surface area contributed by atoms with Gasteiger partial charge in [-0.3, -0.25) is 4.90 Å². The highest BCUT2D eigenvalue weighted by atomic mass is 19.1. The van der Waals surface area contributed by atoms with E-state index in [-0.39, 0.29) is 5.82 Å². The fraction of sp³-hybridized carbons (Fsp3) is 0.474. The lowest BCUT2D eigenvalue weighted by Gasteiger charge is -2.35. The van der Waals surface area contributed by atoms with Gasteiger partial charge in [0.15, 0.2) is 0 Å². The van der Waals surface area contributed by atoms with E-state index in [1.165, 1.54) is 25.1 Å². The van der Waals surface area contributed by atoms with Gasteiger partial charge in [-0.2, -0.15) is 0 Å². The van der Waals surface area contributed by atoms with Crippen LogP contribution in [0.1, 0.15) is 32.3 Å². The molecule has 3 rings (SSSR count). The molecule has 1 aromatic carbocycles. The Kier molecular flexibility index (Phi) is 5.09. The average Bonchev–Trinajstić information content (AvgIpc) is 2.56. The summed E-state index contributed by atoms with van der Waals surface area (Å²) in [4.78, 5) is 2.49. The van der Waals surface area contributed by atoms with Crippen LogP contribution >= 0.6 is 0 Å². The second-order valence-electron chi connectivity index (χ2n) is 6.84. The third kappa shape index (κ3) is 3.90. The van der Waals surface area contributed by atoms with E-state index in [1.54, 1.807) is 12.1 Å². The van der Waals surface area contributed by atoms with E-state index in [0.29, 0.717) is 12.1 Å². The maximum absolute atomic E-state index is 13.1. The van der Waals surface area contributed by atoms with E-state index in [0.717, 1.165) is 35.6 Å². The molecule has 5 heteroatoms. The lowest BCUT2D eigenvalue weighted by molar-refractivity contribution is 0.174. The van der Waals surface area contributed by atoms with Gasteiger partial charge < -0.3 is 5.32 Å². The van der Waals surface area contributed by atoms with Crippen molar-refractivity contribution in [2.24, 2.45) is 0 Å². The number of benzene rings is 1. The van der Waals surface area contributed by atoms with Gasteiger partial charge in [-0.1, -0.05) is 0 Å². The summed E-state index contributed by atoms with van der Waals surface area (Å²) in [5.74, 6) is 0.573. The van der Waals surface area contributed by atoms with Crippen molar-refractivity contribution in [3.8, 4) is 11.3 Å². The number of halogens is 1. The molecule has 128 valence electrons. The van der Waals surface area contributed by atoms with Crippen LogP contribution < -0.4 is 5.32 Å². The summed E-state index contributed by atoms with van der Waals surface area (Å²) in [6.07, 6.45) is 2.36. The zero-order valence-corrected chi connectivity index (χ0v) is 14.6. The molecular formula is C19H25FN4. The molecule has 0 bridgehead atoms. The summed E-state index contributed by atoms with van der Waals surface area (Å²) in [5.41, 5.74) is 2.72. The van der Waals surface area contributed by atoms with E-state index in [4.69, 9.17) is 0 Å². The highest BCUT2D eigenvalue weighted by Gasteiger charge is 2.22. The maximum atomic E-state index is 13.1. The first-order valence-corrected chi connectivity index (χ1v) is 8.64. The minimum absolute atomic E-state index is 0.241. The van der Waals surface area contributed by atoms with E-state index in [9.17, 15) is 4.39 Å². The van der Waals surface area contributed by atoms with E-state index >= 15 is 0 Å².